The van der Waals surface area contributed by atoms with E-state index < -0.39 is 8.07 Å². The van der Waals surface area contributed by atoms with Crippen LogP contribution in [0.2, 0.25) is 19.6 Å². The van der Waals surface area contributed by atoms with E-state index in [1.165, 1.54) is 43.2 Å². The molecule has 1 aliphatic rings. The van der Waals surface area contributed by atoms with E-state index in [1.807, 2.05) is 0 Å². The van der Waals surface area contributed by atoms with Crippen molar-refractivity contribution in [2.75, 3.05) is 17.4 Å². The molecule has 0 spiro atoms. The third kappa shape index (κ3) is 6.47. The fourth-order valence-corrected chi connectivity index (χ4v) is 9.17. The zero-order valence-corrected chi connectivity index (χ0v) is 12.8. The highest BCUT2D eigenvalue weighted by Crippen LogP contribution is 2.22. The highest BCUT2D eigenvalue weighted by atomic mass is 32.2. The summed E-state index contributed by atoms with van der Waals surface area (Å²) in [5, 5.41) is 1.51. The maximum Gasteiger partial charge on any atom is 0.126 e. The van der Waals surface area contributed by atoms with Gasteiger partial charge in [0, 0.05) is 0 Å². The zero-order chi connectivity index (χ0) is 11.3. The molecule has 0 amide bonds. The second-order valence-electron chi connectivity index (χ2n) is 6.08. The second-order valence-corrected chi connectivity index (χ2v) is 14.2. The first-order valence-electron chi connectivity index (χ1n) is 6.24. The fraction of sp³-hybridized carbons (Fsp3) is 0.846. The van der Waals surface area contributed by atoms with Gasteiger partial charge in [-0.15, -0.1) is 0 Å². The van der Waals surface area contributed by atoms with Crippen LogP contribution in [0.3, 0.4) is 0 Å². The maximum absolute atomic E-state index is 2.57. The van der Waals surface area contributed by atoms with Crippen molar-refractivity contribution < 1.29 is 0 Å². The van der Waals surface area contributed by atoms with Crippen LogP contribution in [0.4, 0.5) is 0 Å². The lowest BCUT2D eigenvalue weighted by atomic mass is 9.95. The normalized spacial score (nSPS) is 20.1. The fourth-order valence-electron chi connectivity index (χ4n) is 2.27. The minimum absolute atomic E-state index is 0.644. The van der Waals surface area contributed by atoms with Crippen molar-refractivity contribution in [1.82, 2.24) is 0 Å². The molecule has 88 valence electrons. The van der Waals surface area contributed by atoms with Gasteiger partial charge in [0.1, 0.15) is 13.8 Å². The Kier molecular flexibility index (Phi) is 5.48. The predicted molar refractivity (Wildman–Crippen MR) is 77.5 cm³/mol. The van der Waals surface area contributed by atoms with Crippen LogP contribution in [0, 0.1) is 0 Å². The quantitative estimate of drug-likeness (QED) is 0.398. The molecule has 0 saturated heterocycles. The molecule has 1 unspecified atom stereocenters. The van der Waals surface area contributed by atoms with Gasteiger partial charge in [0.2, 0.25) is 0 Å². The molecule has 1 saturated carbocycles. The second kappa shape index (κ2) is 6.14. The van der Waals surface area contributed by atoms with Crippen molar-refractivity contribution in [3.05, 3.63) is 11.6 Å². The van der Waals surface area contributed by atoms with Crippen LogP contribution >= 0.6 is 0 Å². The number of hydrogen-bond donors (Lipinski definition) is 0. The van der Waals surface area contributed by atoms with E-state index in [0.717, 1.165) is 0 Å². The lowest BCUT2D eigenvalue weighted by Gasteiger charge is -2.15. The molecule has 0 N–H and O–H groups in total. The summed E-state index contributed by atoms with van der Waals surface area (Å²) in [7, 11) is -0.180. The first kappa shape index (κ1) is 13.4. The minimum Gasteiger partial charge on any atom is -0.0696 e. The van der Waals surface area contributed by atoms with E-state index in [4.69, 9.17) is 0 Å². The molecule has 0 aromatic rings. The average molecular weight is 244 g/mol. The molecular formula is C13H27SSi+. The van der Waals surface area contributed by atoms with Gasteiger partial charge in [0.05, 0.1) is 11.6 Å². The molecule has 0 aromatic carbocycles. The molecule has 1 atom stereocenters. The summed E-state index contributed by atoms with van der Waals surface area (Å²) < 4.78 is 0. The van der Waals surface area contributed by atoms with Gasteiger partial charge in [-0.3, -0.25) is 0 Å². The van der Waals surface area contributed by atoms with Crippen LogP contribution in [0.25, 0.3) is 0 Å². The Bertz CT molecular complexity index is 207. The van der Waals surface area contributed by atoms with Gasteiger partial charge in [0.25, 0.3) is 0 Å². The van der Waals surface area contributed by atoms with E-state index in [9.17, 15) is 0 Å². The molecule has 0 nitrogen and oxygen atoms in total. The summed E-state index contributed by atoms with van der Waals surface area (Å²) in [5.74, 6) is 1.36. The van der Waals surface area contributed by atoms with Gasteiger partial charge in [-0.05, 0) is 42.7 Å². The third-order valence-corrected chi connectivity index (χ3v) is 9.00. The Balaban J connectivity index is 2.28. The molecule has 15 heavy (non-hydrogen) atoms. The van der Waals surface area contributed by atoms with E-state index >= 15 is 0 Å². The van der Waals surface area contributed by atoms with Gasteiger partial charge in [-0.2, -0.15) is 0 Å². The molecule has 0 bridgehead atoms. The standard InChI is InChI=1S/C13H27SSi/c1-14(12-15(2,3)4)11-10-13-8-6-5-7-9-13/h10H,5-9,11-12H2,1-4H3/q+1. The molecule has 2 heteroatoms. The summed E-state index contributed by atoms with van der Waals surface area (Å²) in [5.41, 5.74) is 1.76. The van der Waals surface area contributed by atoms with Crippen molar-refractivity contribution in [2.24, 2.45) is 0 Å². The molecule has 0 radical (unpaired) electrons. The zero-order valence-electron chi connectivity index (χ0n) is 10.9. The van der Waals surface area contributed by atoms with Gasteiger partial charge in [0.15, 0.2) is 0 Å². The molecule has 0 aromatic heterocycles. The maximum atomic E-state index is 2.57. The lowest BCUT2D eigenvalue weighted by molar-refractivity contribution is 0.598. The van der Waals surface area contributed by atoms with Crippen LogP contribution in [0.5, 0.6) is 0 Å². The van der Waals surface area contributed by atoms with Crippen LogP contribution < -0.4 is 0 Å². The summed E-state index contributed by atoms with van der Waals surface area (Å²) >= 11 is 0. The largest absolute Gasteiger partial charge is 0.126 e. The van der Waals surface area contributed by atoms with Gasteiger partial charge in [-0.25, -0.2) is 0 Å². The Morgan fingerprint density at radius 1 is 1.13 bits per heavy atom. The molecule has 0 aliphatic heterocycles. The van der Waals surface area contributed by atoms with Crippen molar-refractivity contribution >= 4 is 19.0 Å². The lowest BCUT2D eigenvalue weighted by Crippen LogP contribution is -2.32. The SMILES string of the molecule is C[S+](CC=C1CCCCC1)C[Si](C)(C)C. The van der Waals surface area contributed by atoms with E-state index in [-0.39, 0.29) is 0 Å². The van der Waals surface area contributed by atoms with Crippen molar-refractivity contribution in [1.29, 1.82) is 0 Å². The summed E-state index contributed by atoms with van der Waals surface area (Å²) in [6.45, 7) is 7.47. The summed E-state index contributed by atoms with van der Waals surface area (Å²) in [6.07, 6.45) is 12.2. The van der Waals surface area contributed by atoms with Crippen molar-refractivity contribution in [2.45, 2.75) is 51.7 Å². The minimum atomic E-state index is -0.824. The van der Waals surface area contributed by atoms with Gasteiger partial charge >= 0.3 is 0 Å². The predicted octanol–water partition coefficient (Wildman–Crippen LogP) is 4.00. The smallest absolute Gasteiger partial charge is 0.0696 e. The highest BCUT2D eigenvalue weighted by molar-refractivity contribution is 7.97. The topological polar surface area (TPSA) is 0 Å². The summed E-state index contributed by atoms with van der Waals surface area (Å²) in [6, 6.07) is 0. The molecule has 1 fully saturated rings. The van der Waals surface area contributed by atoms with Crippen LogP contribution in [0.1, 0.15) is 32.1 Å². The molecular weight excluding hydrogens is 216 g/mol. The van der Waals surface area contributed by atoms with Gasteiger partial charge < -0.3 is 0 Å². The summed E-state index contributed by atoms with van der Waals surface area (Å²) in [4.78, 5) is 0. The van der Waals surface area contributed by atoms with Crippen LogP contribution in [-0.2, 0) is 10.9 Å². The Morgan fingerprint density at radius 3 is 2.27 bits per heavy atom. The van der Waals surface area contributed by atoms with Gasteiger partial charge in [-0.1, -0.05) is 31.6 Å². The Morgan fingerprint density at radius 2 is 1.73 bits per heavy atom. The van der Waals surface area contributed by atoms with Crippen LogP contribution in [0.15, 0.2) is 11.6 Å². The molecule has 1 aliphatic carbocycles. The highest BCUT2D eigenvalue weighted by Gasteiger charge is 2.23. The first-order chi connectivity index (χ1) is 6.97. The Hall–Kier alpha value is 0.307. The monoisotopic (exact) mass is 243 g/mol. The Labute approximate surface area is 99.9 Å². The third-order valence-electron chi connectivity index (χ3n) is 2.83. The number of hydrogen-bond acceptors (Lipinski definition) is 0. The van der Waals surface area contributed by atoms with Crippen molar-refractivity contribution in [3.8, 4) is 0 Å². The van der Waals surface area contributed by atoms with E-state index in [2.05, 4.69) is 32.0 Å². The van der Waals surface area contributed by atoms with E-state index in [0.29, 0.717) is 10.9 Å². The van der Waals surface area contributed by atoms with Crippen molar-refractivity contribution in [3.63, 3.8) is 0 Å². The average Bonchev–Trinajstić information content (AvgIpc) is 2.14. The molecule has 1 rings (SSSR count). The number of allylic oxidation sites excluding steroid dienone is 1. The first-order valence-corrected chi connectivity index (χ1v) is 11.9. The number of rotatable bonds is 4. The van der Waals surface area contributed by atoms with E-state index in [1.54, 1.807) is 5.57 Å². The molecule has 0 heterocycles. The van der Waals surface area contributed by atoms with Crippen LogP contribution in [-0.4, -0.2) is 25.5 Å².